The fourth-order valence-corrected chi connectivity index (χ4v) is 2.31. The maximum Gasteiger partial charge on any atom is 0.280 e. The number of rotatable bonds is 4. The van der Waals surface area contributed by atoms with Crippen molar-refractivity contribution in [3.8, 4) is 0 Å². The van der Waals surface area contributed by atoms with Crippen molar-refractivity contribution in [1.82, 2.24) is 15.0 Å². The Morgan fingerprint density at radius 3 is 2.62 bits per heavy atom. The lowest BCUT2D eigenvalue weighted by atomic mass is 10.2. The van der Waals surface area contributed by atoms with Crippen molar-refractivity contribution in [1.29, 1.82) is 0 Å². The summed E-state index contributed by atoms with van der Waals surface area (Å²) in [7, 11) is 0. The second-order valence-corrected chi connectivity index (χ2v) is 5.44. The second-order valence-electron chi connectivity index (χ2n) is 5.03. The average molecular weight is 346 g/mol. The first-order valence-corrected chi connectivity index (χ1v) is 7.41. The second kappa shape index (κ2) is 6.67. The topological polar surface area (TPSA) is 85.8 Å². The fraction of sp³-hybridized carbons (Fsp3) is 0.0625. The summed E-state index contributed by atoms with van der Waals surface area (Å²) in [5.74, 6) is -0.794. The molecule has 0 saturated carbocycles. The van der Waals surface area contributed by atoms with E-state index in [-0.39, 0.29) is 11.5 Å². The van der Waals surface area contributed by atoms with Gasteiger partial charge in [-0.2, -0.15) is 0 Å². The Balaban J connectivity index is 1.78. The summed E-state index contributed by atoms with van der Waals surface area (Å²) in [4.78, 5) is 12.2. The summed E-state index contributed by atoms with van der Waals surface area (Å²) >= 11 is 6.10. The van der Waals surface area contributed by atoms with E-state index < -0.39 is 11.7 Å². The Labute approximate surface area is 142 Å². The third kappa shape index (κ3) is 3.36. The minimum Gasteiger partial charge on any atom is -0.382 e. The zero-order valence-electron chi connectivity index (χ0n) is 12.4. The number of halogens is 2. The van der Waals surface area contributed by atoms with Crippen molar-refractivity contribution < 1.29 is 9.18 Å². The van der Waals surface area contributed by atoms with Gasteiger partial charge in [-0.15, -0.1) is 5.10 Å². The highest BCUT2D eigenvalue weighted by Gasteiger charge is 2.18. The van der Waals surface area contributed by atoms with Gasteiger partial charge in [-0.1, -0.05) is 35.0 Å². The standard InChI is InChI=1S/C16H13ClFN5O/c17-13-4-2-1-3-10(13)9-23-15(19)14(21-22-23)16(24)20-12-7-5-11(18)6-8-12/h1-8H,9,19H2,(H,20,24). The van der Waals surface area contributed by atoms with E-state index in [4.69, 9.17) is 17.3 Å². The summed E-state index contributed by atoms with van der Waals surface area (Å²) in [6.45, 7) is 0.294. The number of benzene rings is 2. The lowest BCUT2D eigenvalue weighted by Crippen LogP contribution is -2.15. The number of aromatic nitrogens is 3. The molecule has 122 valence electrons. The number of anilines is 2. The highest BCUT2D eigenvalue weighted by atomic mass is 35.5. The van der Waals surface area contributed by atoms with E-state index in [0.717, 1.165) is 5.56 Å². The smallest absolute Gasteiger partial charge is 0.280 e. The molecule has 6 nitrogen and oxygen atoms in total. The van der Waals surface area contributed by atoms with Crippen molar-refractivity contribution in [2.75, 3.05) is 11.1 Å². The molecule has 0 unspecified atom stereocenters. The average Bonchev–Trinajstić information content (AvgIpc) is 2.93. The number of amides is 1. The van der Waals surface area contributed by atoms with Crippen LogP contribution in [-0.4, -0.2) is 20.9 Å². The number of carbonyl (C=O) groups excluding carboxylic acids is 1. The van der Waals surface area contributed by atoms with Gasteiger partial charge in [0.25, 0.3) is 5.91 Å². The quantitative estimate of drug-likeness (QED) is 0.761. The van der Waals surface area contributed by atoms with Gasteiger partial charge in [0, 0.05) is 10.7 Å². The van der Waals surface area contributed by atoms with E-state index >= 15 is 0 Å². The molecule has 24 heavy (non-hydrogen) atoms. The highest BCUT2D eigenvalue weighted by molar-refractivity contribution is 6.31. The van der Waals surface area contributed by atoms with Crippen LogP contribution < -0.4 is 11.1 Å². The van der Waals surface area contributed by atoms with Crippen LogP contribution in [0.1, 0.15) is 16.1 Å². The third-order valence-corrected chi connectivity index (χ3v) is 3.74. The molecule has 3 N–H and O–H groups in total. The molecule has 0 fully saturated rings. The molecule has 0 spiro atoms. The molecule has 0 atom stereocenters. The summed E-state index contributed by atoms with van der Waals surface area (Å²) in [5, 5.41) is 10.9. The number of nitrogens with one attached hydrogen (secondary N) is 1. The Hall–Kier alpha value is -2.93. The van der Waals surface area contributed by atoms with Gasteiger partial charge in [0.2, 0.25) is 0 Å². The molecule has 0 aliphatic heterocycles. The molecule has 8 heteroatoms. The van der Waals surface area contributed by atoms with Crippen molar-refractivity contribution in [2.45, 2.75) is 6.54 Å². The lowest BCUT2D eigenvalue weighted by Gasteiger charge is -2.06. The van der Waals surface area contributed by atoms with Gasteiger partial charge in [0.05, 0.1) is 6.54 Å². The maximum absolute atomic E-state index is 12.9. The molecule has 0 radical (unpaired) electrons. The minimum atomic E-state index is -0.524. The molecule has 0 aliphatic rings. The SMILES string of the molecule is Nc1c(C(=O)Nc2ccc(F)cc2)nnn1Cc1ccccc1Cl. The van der Waals surface area contributed by atoms with Gasteiger partial charge < -0.3 is 11.1 Å². The molecular weight excluding hydrogens is 333 g/mol. The summed E-state index contributed by atoms with van der Waals surface area (Å²) in [6, 6.07) is 12.6. The predicted octanol–water partition coefficient (Wildman–Crippen LogP) is 2.95. The number of hydrogen-bond donors (Lipinski definition) is 2. The number of nitrogen functional groups attached to an aromatic ring is 1. The van der Waals surface area contributed by atoms with Crippen LogP contribution in [0.5, 0.6) is 0 Å². The van der Waals surface area contributed by atoms with Crippen LogP contribution >= 0.6 is 11.6 Å². The van der Waals surface area contributed by atoms with Crippen LogP contribution in [0.15, 0.2) is 48.5 Å². The first kappa shape index (κ1) is 15.9. The van der Waals surface area contributed by atoms with Crippen LogP contribution in [0.3, 0.4) is 0 Å². The van der Waals surface area contributed by atoms with Crippen LogP contribution in [0.25, 0.3) is 0 Å². The zero-order chi connectivity index (χ0) is 17.1. The molecule has 3 rings (SSSR count). The minimum absolute atomic E-state index is 0.00798. The normalized spacial score (nSPS) is 10.6. The van der Waals surface area contributed by atoms with Crippen molar-refractivity contribution >= 4 is 29.0 Å². The molecule has 1 heterocycles. The Bertz CT molecular complexity index is 878. The number of hydrogen-bond acceptors (Lipinski definition) is 4. The van der Waals surface area contributed by atoms with Gasteiger partial charge in [0.15, 0.2) is 11.5 Å². The van der Waals surface area contributed by atoms with Crippen LogP contribution in [0.2, 0.25) is 5.02 Å². The predicted molar refractivity (Wildman–Crippen MR) is 89.3 cm³/mol. The van der Waals surface area contributed by atoms with E-state index in [0.29, 0.717) is 17.3 Å². The molecular formula is C16H13ClFN5O. The van der Waals surface area contributed by atoms with Gasteiger partial charge in [-0.3, -0.25) is 4.79 Å². The Morgan fingerprint density at radius 1 is 1.21 bits per heavy atom. The van der Waals surface area contributed by atoms with Crippen molar-refractivity contribution in [3.05, 3.63) is 70.6 Å². The maximum atomic E-state index is 12.9. The largest absolute Gasteiger partial charge is 0.382 e. The molecule has 1 amide bonds. The van der Waals surface area contributed by atoms with E-state index in [1.807, 2.05) is 18.2 Å². The Morgan fingerprint density at radius 2 is 1.92 bits per heavy atom. The van der Waals surface area contributed by atoms with Gasteiger partial charge in [-0.05, 0) is 35.9 Å². The van der Waals surface area contributed by atoms with E-state index in [9.17, 15) is 9.18 Å². The van der Waals surface area contributed by atoms with Crippen molar-refractivity contribution in [3.63, 3.8) is 0 Å². The number of nitrogens with zero attached hydrogens (tertiary/aromatic N) is 3. The number of nitrogens with two attached hydrogens (primary N) is 1. The van der Waals surface area contributed by atoms with Gasteiger partial charge >= 0.3 is 0 Å². The molecule has 2 aromatic carbocycles. The lowest BCUT2D eigenvalue weighted by molar-refractivity contribution is 0.102. The first-order valence-electron chi connectivity index (χ1n) is 7.04. The molecule has 0 aliphatic carbocycles. The molecule has 3 aromatic rings. The van der Waals surface area contributed by atoms with Crippen LogP contribution in [0, 0.1) is 5.82 Å². The summed E-state index contributed by atoms with van der Waals surface area (Å²) in [5.41, 5.74) is 7.18. The van der Waals surface area contributed by atoms with E-state index in [2.05, 4.69) is 15.6 Å². The number of carbonyl (C=O) groups is 1. The Kier molecular flexibility index (Phi) is 4.43. The van der Waals surface area contributed by atoms with E-state index in [1.54, 1.807) is 6.07 Å². The highest BCUT2D eigenvalue weighted by Crippen LogP contribution is 2.19. The van der Waals surface area contributed by atoms with Crippen LogP contribution in [0.4, 0.5) is 15.9 Å². The zero-order valence-corrected chi connectivity index (χ0v) is 13.2. The molecule has 0 bridgehead atoms. The van der Waals surface area contributed by atoms with Crippen molar-refractivity contribution in [2.24, 2.45) is 0 Å². The first-order chi connectivity index (χ1) is 11.5. The van der Waals surface area contributed by atoms with Crippen LogP contribution in [-0.2, 0) is 6.54 Å². The monoisotopic (exact) mass is 345 g/mol. The van der Waals surface area contributed by atoms with Gasteiger partial charge in [-0.25, -0.2) is 9.07 Å². The fourth-order valence-electron chi connectivity index (χ4n) is 2.11. The third-order valence-electron chi connectivity index (χ3n) is 3.37. The summed E-state index contributed by atoms with van der Waals surface area (Å²) in [6.07, 6.45) is 0. The van der Waals surface area contributed by atoms with E-state index in [1.165, 1.54) is 28.9 Å². The molecule has 1 aromatic heterocycles. The summed E-state index contributed by atoms with van der Waals surface area (Å²) < 4.78 is 14.3. The molecule has 0 saturated heterocycles. The van der Waals surface area contributed by atoms with Gasteiger partial charge in [0.1, 0.15) is 5.82 Å².